The van der Waals surface area contributed by atoms with E-state index in [2.05, 4.69) is 29.3 Å². The quantitative estimate of drug-likeness (QED) is 0.729. The maximum atomic E-state index is 5.35. The van der Waals surface area contributed by atoms with Crippen LogP contribution in [0.2, 0.25) is 0 Å². The molecule has 0 saturated carbocycles. The van der Waals surface area contributed by atoms with Gasteiger partial charge in [0, 0.05) is 0 Å². The molecule has 0 spiro atoms. The summed E-state index contributed by atoms with van der Waals surface area (Å²) < 4.78 is 5.35. The second kappa shape index (κ2) is 4.45. The molecule has 3 heteroatoms. The second-order valence-electron chi connectivity index (χ2n) is 2.77. The van der Waals surface area contributed by atoms with Gasteiger partial charge in [-0.2, -0.15) is 0 Å². The van der Waals surface area contributed by atoms with E-state index in [0.717, 1.165) is 23.3 Å². The number of rotatable bonds is 3. The fraction of sp³-hybridized carbons (Fsp3) is 0.300. The van der Waals surface area contributed by atoms with Gasteiger partial charge in [-0.3, -0.25) is 0 Å². The molecule has 1 aromatic carbocycles. The van der Waals surface area contributed by atoms with Crippen molar-refractivity contribution in [1.82, 2.24) is 0 Å². The van der Waals surface area contributed by atoms with Crippen LogP contribution in [0, 0.1) is 0 Å². The standard InChI is InChI=1S/C10H11NOSe/c1-2-4-9(5-3-1)8-13-10-11-6-7-12-10/h1-5H,6-8H2. The van der Waals surface area contributed by atoms with E-state index in [1.807, 2.05) is 6.07 Å². The van der Waals surface area contributed by atoms with Crippen molar-refractivity contribution in [2.45, 2.75) is 5.32 Å². The Bertz CT molecular complexity index is 297. The SMILES string of the molecule is c1ccc(C[Se]C2=NCCO2)cc1. The van der Waals surface area contributed by atoms with E-state index >= 15 is 0 Å². The zero-order chi connectivity index (χ0) is 8.93. The summed E-state index contributed by atoms with van der Waals surface area (Å²) in [7, 11) is 0. The Labute approximate surface area is 84.2 Å². The molecule has 1 heterocycles. The van der Waals surface area contributed by atoms with Gasteiger partial charge in [-0.05, 0) is 0 Å². The molecule has 1 aliphatic heterocycles. The molecule has 13 heavy (non-hydrogen) atoms. The number of ether oxygens (including phenoxy) is 1. The number of benzene rings is 1. The Kier molecular flexibility index (Phi) is 3.01. The number of hydrogen-bond acceptors (Lipinski definition) is 2. The molecule has 0 amide bonds. The normalized spacial score (nSPS) is 15.2. The minimum absolute atomic E-state index is 0.387. The van der Waals surface area contributed by atoms with Crippen LogP contribution >= 0.6 is 0 Å². The van der Waals surface area contributed by atoms with E-state index in [4.69, 9.17) is 4.74 Å². The van der Waals surface area contributed by atoms with Crippen molar-refractivity contribution in [2.75, 3.05) is 13.2 Å². The van der Waals surface area contributed by atoms with Gasteiger partial charge in [0.05, 0.1) is 0 Å². The number of nitrogens with zero attached hydrogens (tertiary/aromatic N) is 1. The van der Waals surface area contributed by atoms with Gasteiger partial charge in [-0.1, -0.05) is 0 Å². The maximum absolute atomic E-state index is 5.35. The van der Waals surface area contributed by atoms with Crippen LogP contribution in [0.4, 0.5) is 0 Å². The van der Waals surface area contributed by atoms with E-state index in [-0.39, 0.29) is 0 Å². The fourth-order valence-electron chi connectivity index (χ4n) is 1.12. The Morgan fingerprint density at radius 1 is 1.31 bits per heavy atom. The predicted octanol–water partition coefficient (Wildman–Crippen LogP) is 1.28. The third-order valence-corrected chi connectivity index (χ3v) is 3.80. The van der Waals surface area contributed by atoms with Crippen LogP contribution in [0.15, 0.2) is 35.3 Å². The monoisotopic (exact) mass is 241 g/mol. The molecule has 68 valence electrons. The molecule has 0 saturated heterocycles. The third kappa shape index (κ3) is 2.58. The summed E-state index contributed by atoms with van der Waals surface area (Å²) in [5.41, 5.74) is 1.38. The van der Waals surface area contributed by atoms with Crippen LogP contribution in [0.5, 0.6) is 0 Å². The van der Waals surface area contributed by atoms with Gasteiger partial charge in [-0.25, -0.2) is 0 Å². The molecule has 0 radical (unpaired) electrons. The first kappa shape index (κ1) is 8.79. The molecule has 2 rings (SSSR count). The van der Waals surface area contributed by atoms with Crippen LogP contribution in [-0.4, -0.2) is 32.9 Å². The molecular formula is C10H11NOSe. The average Bonchev–Trinajstić information content (AvgIpc) is 2.69. The van der Waals surface area contributed by atoms with E-state index in [0.29, 0.717) is 15.0 Å². The molecular weight excluding hydrogens is 229 g/mol. The summed E-state index contributed by atoms with van der Waals surface area (Å²) in [6, 6.07) is 10.5. The van der Waals surface area contributed by atoms with Crippen LogP contribution in [0.1, 0.15) is 5.56 Å². The summed E-state index contributed by atoms with van der Waals surface area (Å²) >= 11 is 0.387. The Morgan fingerprint density at radius 2 is 2.15 bits per heavy atom. The summed E-state index contributed by atoms with van der Waals surface area (Å²) in [6.45, 7) is 1.64. The van der Waals surface area contributed by atoms with E-state index in [9.17, 15) is 0 Å². The summed E-state index contributed by atoms with van der Waals surface area (Å²) in [6.07, 6.45) is 0. The minimum atomic E-state index is 0.387. The Morgan fingerprint density at radius 3 is 2.85 bits per heavy atom. The molecule has 2 nitrogen and oxygen atoms in total. The zero-order valence-corrected chi connectivity index (χ0v) is 8.98. The van der Waals surface area contributed by atoms with Gasteiger partial charge in [-0.15, -0.1) is 0 Å². The van der Waals surface area contributed by atoms with Crippen molar-refractivity contribution in [2.24, 2.45) is 4.99 Å². The van der Waals surface area contributed by atoms with E-state index in [1.165, 1.54) is 5.56 Å². The zero-order valence-electron chi connectivity index (χ0n) is 7.27. The van der Waals surface area contributed by atoms with Gasteiger partial charge in [0.25, 0.3) is 0 Å². The summed E-state index contributed by atoms with van der Waals surface area (Å²) in [5, 5.41) is 1.09. The molecule has 0 fully saturated rings. The van der Waals surface area contributed by atoms with Gasteiger partial charge >= 0.3 is 83.8 Å². The molecule has 0 unspecified atom stereocenters. The van der Waals surface area contributed by atoms with E-state index in [1.54, 1.807) is 0 Å². The molecule has 0 N–H and O–H groups in total. The summed E-state index contributed by atoms with van der Waals surface area (Å²) in [4.78, 5) is 5.26. The van der Waals surface area contributed by atoms with Gasteiger partial charge in [0.1, 0.15) is 0 Å². The summed E-state index contributed by atoms with van der Waals surface area (Å²) in [5.74, 6) is 0. The van der Waals surface area contributed by atoms with Gasteiger partial charge in [0.15, 0.2) is 0 Å². The van der Waals surface area contributed by atoms with Gasteiger partial charge < -0.3 is 0 Å². The van der Waals surface area contributed by atoms with Crippen molar-refractivity contribution in [3.8, 4) is 0 Å². The van der Waals surface area contributed by atoms with Crippen LogP contribution in [-0.2, 0) is 10.1 Å². The Balaban J connectivity index is 1.86. The van der Waals surface area contributed by atoms with Crippen LogP contribution in [0.3, 0.4) is 0 Å². The first-order chi connectivity index (χ1) is 6.45. The van der Waals surface area contributed by atoms with Crippen molar-refractivity contribution in [3.05, 3.63) is 35.9 Å². The Hall–Kier alpha value is -0.791. The van der Waals surface area contributed by atoms with Crippen molar-refractivity contribution < 1.29 is 4.74 Å². The predicted molar refractivity (Wildman–Crippen MR) is 54.2 cm³/mol. The molecule has 0 bridgehead atoms. The van der Waals surface area contributed by atoms with Crippen molar-refractivity contribution in [1.29, 1.82) is 0 Å². The first-order valence-electron chi connectivity index (χ1n) is 4.29. The third-order valence-electron chi connectivity index (χ3n) is 1.76. The van der Waals surface area contributed by atoms with Crippen molar-refractivity contribution >= 4 is 19.8 Å². The van der Waals surface area contributed by atoms with Crippen LogP contribution in [0.25, 0.3) is 0 Å². The molecule has 0 aromatic heterocycles. The van der Waals surface area contributed by atoms with Gasteiger partial charge in [0.2, 0.25) is 0 Å². The second-order valence-corrected chi connectivity index (χ2v) is 4.71. The number of hydrogen-bond donors (Lipinski definition) is 0. The fourth-order valence-corrected chi connectivity index (χ4v) is 2.87. The average molecular weight is 240 g/mol. The molecule has 1 aliphatic rings. The van der Waals surface area contributed by atoms with E-state index < -0.39 is 0 Å². The molecule has 0 atom stereocenters. The molecule has 0 aliphatic carbocycles. The topological polar surface area (TPSA) is 21.6 Å². The van der Waals surface area contributed by atoms with Crippen LogP contribution < -0.4 is 0 Å². The molecule has 1 aromatic rings. The van der Waals surface area contributed by atoms with Crippen molar-refractivity contribution in [3.63, 3.8) is 0 Å². The number of aliphatic imine (C=N–C) groups is 1. The first-order valence-corrected chi connectivity index (χ1v) is 6.36.